The molecule has 0 saturated heterocycles. The first-order valence-electron chi connectivity index (χ1n) is 16.6. The minimum atomic E-state index is -1.29. The van der Waals surface area contributed by atoms with Gasteiger partial charge >= 0.3 is 24.1 Å². The van der Waals surface area contributed by atoms with Crippen molar-refractivity contribution < 1.29 is 52.1 Å². The molecule has 0 radical (unpaired) electrons. The van der Waals surface area contributed by atoms with Crippen LogP contribution >= 0.6 is 0 Å². The molecule has 4 rings (SSSR count). The molecule has 272 valence electrons. The zero-order valence-corrected chi connectivity index (χ0v) is 29.2. The molecule has 3 N–H and O–H groups in total. The number of hydrogen-bond acceptors (Lipinski definition) is 9. The molecule has 4 aromatic rings. The largest absolute Gasteiger partial charge is 0.467 e. The van der Waals surface area contributed by atoms with Crippen LogP contribution in [0, 0.1) is 0 Å². The molecule has 0 bridgehead atoms. The lowest BCUT2D eigenvalue weighted by molar-refractivity contribution is -0.727. The highest BCUT2D eigenvalue weighted by atomic mass is 16.6. The van der Waals surface area contributed by atoms with Gasteiger partial charge in [-0.25, -0.2) is 19.2 Å². The molecule has 0 saturated carbocycles. The van der Waals surface area contributed by atoms with E-state index in [1.807, 2.05) is 74.5 Å². The number of esters is 2. The van der Waals surface area contributed by atoms with Gasteiger partial charge in [0.2, 0.25) is 0 Å². The Morgan fingerprint density at radius 3 is 1.48 bits per heavy atom. The highest BCUT2D eigenvalue weighted by Crippen LogP contribution is 2.06. The number of pyridine rings is 2. The number of aromatic nitrogens is 2. The van der Waals surface area contributed by atoms with Gasteiger partial charge in [-0.15, -0.1) is 0 Å². The van der Waals surface area contributed by atoms with E-state index in [1.54, 1.807) is 9.13 Å². The lowest BCUT2D eigenvalue weighted by Crippen LogP contribution is -2.45. The van der Waals surface area contributed by atoms with Crippen molar-refractivity contribution in [1.82, 2.24) is 16.0 Å². The van der Waals surface area contributed by atoms with Gasteiger partial charge in [-0.05, 0) is 37.8 Å². The lowest BCUT2D eigenvalue weighted by atomic mass is 10.1. The fraction of sp³-hybridized carbons (Fsp3) is 0.289. The molecule has 14 nitrogen and oxygen atoms in total. The van der Waals surface area contributed by atoms with E-state index < -0.39 is 42.7 Å². The summed E-state index contributed by atoms with van der Waals surface area (Å²) in [6.07, 6.45) is 6.28. The summed E-state index contributed by atoms with van der Waals surface area (Å²) in [4.78, 5) is 62.5. The number of hydrogen-bond donors (Lipinski definition) is 3. The van der Waals surface area contributed by atoms with Gasteiger partial charge < -0.3 is 34.9 Å². The van der Waals surface area contributed by atoms with Gasteiger partial charge in [0, 0.05) is 36.3 Å². The summed E-state index contributed by atoms with van der Waals surface area (Å²) in [6, 6.07) is 23.8. The Bertz CT molecular complexity index is 1770. The van der Waals surface area contributed by atoms with Crippen LogP contribution in [-0.4, -0.2) is 61.9 Å². The molecule has 2 aromatic carbocycles. The first kappa shape index (κ1) is 38.5. The fourth-order valence-corrected chi connectivity index (χ4v) is 4.96. The van der Waals surface area contributed by atoms with E-state index >= 15 is 0 Å². The zero-order chi connectivity index (χ0) is 37.3. The third-order valence-corrected chi connectivity index (χ3v) is 7.64. The molecule has 2 aromatic heterocycles. The van der Waals surface area contributed by atoms with Gasteiger partial charge in [-0.2, -0.15) is 9.13 Å². The molecule has 0 unspecified atom stereocenters. The van der Waals surface area contributed by atoms with Crippen molar-refractivity contribution in [2.24, 2.45) is 0 Å². The summed E-state index contributed by atoms with van der Waals surface area (Å²) in [5.74, 6) is -2.18. The van der Waals surface area contributed by atoms with E-state index in [9.17, 15) is 24.0 Å². The van der Waals surface area contributed by atoms with Gasteiger partial charge in [0.1, 0.15) is 6.61 Å². The molecule has 0 fully saturated rings. The Labute approximate surface area is 301 Å². The average molecular weight is 714 g/mol. The van der Waals surface area contributed by atoms with Crippen LogP contribution in [0.3, 0.4) is 0 Å². The quantitative estimate of drug-likeness (QED) is 0.0899. The van der Waals surface area contributed by atoms with Crippen molar-refractivity contribution in [3.63, 3.8) is 0 Å². The molecule has 0 aliphatic heterocycles. The number of ether oxygens (including phenoxy) is 4. The van der Waals surface area contributed by atoms with Crippen molar-refractivity contribution >= 4 is 30.0 Å². The number of amides is 3. The molecule has 52 heavy (non-hydrogen) atoms. The first-order valence-corrected chi connectivity index (χ1v) is 16.6. The molecule has 3 atom stereocenters. The van der Waals surface area contributed by atoms with E-state index in [0.29, 0.717) is 12.8 Å². The maximum Gasteiger partial charge on any atom is 0.412 e. The van der Waals surface area contributed by atoms with Gasteiger partial charge in [0.15, 0.2) is 30.8 Å². The van der Waals surface area contributed by atoms with Crippen LogP contribution in [0.15, 0.2) is 110 Å². The number of methoxy groups -OCH3 is 1. The predicted molar refractivity (Wildman–Crippen MR) is 185 cm³/mol. The minimum absolute atomic E-state index is 0.0913. The molecular formula is C38H43N5O9+2. The van der Waals surface area contributed by atoms with Crippen molar-refractivity contribution in [1.29, 1.82) is 0 Å². The van der Waals surface area contributed by atoms with E-state index in [-0.39, 0.29) is 36.7 Å². The van der Waals surface area contributed by atoms with Crippen LogP contribution in [0.4, 0.5) is 9.59 Å². The van der Waals surface area contributed by atoms with E-state index in [0.717, 1.165) is 18.2 Å². The molecule has 2 heterocycles. The van der Waals surface area contributed by atoms with Gasteiger partial charge in [0.05, 0.1) is 18.2 Å². The smallest absolute Gasteiger partial charge is 0.412 e. The monoisotopic (exact) mass is 713 g/mol. The van der Waals surface area contributed by atoms with Crippen molar-refractivity contribution in [3.8, 4) is 0 Å². The van der Waals surface area contributed by atoms with Crippen molar-refractivity contribution in [2.45, 2.75) is 58.3 Å². The Kier molecular flexibility index (Phi) is 14.6. The second kappa shape index (κ2) is 19.8. The summed E-state index contributed by atoms with van der Waals surface area (Å²) in [5.41, 5.74) is 2.55. The third kappa shape index (κ3) is 12.9. The topological polar surface area (TPSA) is 166 Å². The van der Waals surface area contributed by atoms with E-state index in [2.05, 4.69) is 16.0 Å². The fourth-order valence-electron chi connectivity index (χ4n) is 4.96. The second-order valence-corrected chi connectivity index (χ2v) is 11.9. The Hall–Kier alpha value is -6.31. The Balaban J connectivity index is 1.19. The standard InChI is InChI=1S/C38H41N5O9/c1-27(22-29-10-6-4-7-11-29)39-37(47)51-25-42-18-14-31(15-19-42)34(44)41-33(36(46)49-3)24-50-35(45)32-16-20-43(21-17-32)26-52-38(48)40-28(2)23-30-12-8-5-9-13-30/h4-21,27-28,33H,22-26H2,1-3H3,(H-2,39,40,41,44,47,48)/p+2/t27-,28-,33-/m0/s1. The normalized spacial score (nSPS) is 12.3. The maximum absolute atomic E-state index is 12.9. The van der Waals surface area contributed by atoms with E-state index in [4.69, 9.17) is 18.9 Å². The summed E-state index contributed by atoms with van der Waals surface area (Å²) >= 11 is 0. The maximum atomic E-state index is 12.9. The van der Waals surface area contributed by atoms with Gasteiger partial charge in [0.25, 0.3) is 19.4 Å². The molecular weight excluding hydrogens is 670 g/mol. The predicted octanol–water partition coefficient (Wildman–Crippen LogP) is 3.02. The number of carbonyl (C=O) groups is 5. The van der Waals surface area contributed by atoms with Crippen molar-refractivity contribution in [2.75, 3.05) is 13.7 Å². The van der Waals surface area contributed by atoms with E-state index in [1.165, 1.54) is 49.1 Å². The van der Waals surface area contributed by atoms with Gasteiger partial charge in [-0.3, -0.25) is 4.79 Å². The average Bonchev–Trinajstić information content (AvgIpc) is 3.15. The number of rotatable bonds is 16. The van der Waals surface area contributed by atoms with Crippen LogP contribution in [-0.2, 0) is 50.0 Å². The Morgan fingerprint density at radius 2 is 1.04 bits per heavy atom. The Morgan fingerprint density at radius 1 is 0.596 bits per heavy atom. The molecule has 14 heteroatoms. The number of carbonyl (C=O) groups excluding carboxylic acids is 5. The summed E-state index contributed by atoms with van der Waals surface area (Å²) in [7, 11) is 1.15. The molecule has 3 amide bonds. The summed E-state index contributed by atoms with van der Waals surface area (Å²) in [5, 5.41) is 8.07. The molecule has 0 aliphatic carbocycles. The second-order valence-electron chi connectivity index (χ2n) is 11.9. The number of nitrogens with zero attached hydrogens (tertiary/aromatic N) is 2. The van der Waals surface area contributed by atoms with Gasteiger partial charge in [-0.1, -0.05) is 60.7 Å². The first-order chi connectivity index (χ1) is 25.1. The number of nitrogens with one attached hydrogen (secondary N) is 3. The number of alkyl carbamates (subject to hydrolysis) is 2. The molecule has 0 aliphatic rings. The summed E-state index contributed by atoms with van der Waals surface area (Å²) in [6.45, 7) is 3.08. The van der Waals surface area contributed by atoms with Crippen LogP contribution in [0.2, 0.25) is 0 Å². The lowest BCUT2D eigenvalue weighted by Gasteiger charge is -2.16. The van der Waals surface area contributed by atoms with Crippen molar-refractivity contribution in [3.05, 3.63) is 132 Å². The highest BCUT2D eigenvalue weighted by molar-refractivity contribution is 5.96. The highest BCUT2D eigenvalue weighted by Gasteiger charge is 2.25. The zero-order valence-electron chi connectivity index (χ0n) is 29.2. The molecule has 0 spiro atoms. The number of benzene rings is 2. The van der Waals surface area contributed by atoms with Crippen LogP contribution < -0.4 is 25.1 Å². The minimum Gasteiger partial charge on any atom is -0.467 e. The van der Waals surface area contributed by atoms with Crippen LogP contribution in [0.1, 0.15) is 45.7 Å². The SMILES string of the molecule is COC(=O)[C@H](COC(=O)c1cc[n+](COC(=O)N[C@@H](C)Cc2ccccc2)cc1)NC(=O)c1cc[n+](COC(=O)N[C@@H](C)Cc2ccccc2)cc1. The van der Waals surface area contributed by atoms with Crippen LogP contribution in [0.25, 0.3) is 0 Å². The third-order valence-electron chi connectivity index (χ3n) is 7.64. The summed E-state index contributed by atoms with van der Waals surface area (Å²) < 4.78 is 23.7. The van der Waals surface area contributed by atoms with Crippen LogP contribution in [0.5, 0.6) is 0 Å².